The zero-order valence-corrected chi connectivity index (χ0v) is 12.2. The molecule has 0 spiro atoms. The van der Waals surface area contributed by atoms with Crippen LogP contribution in [-0.4, -0.2) is 35.6 Å². The first-order chi connectivity index (χ1) is 8.54. The predicted molar refractivity (Wildman–Crippen MR) is 74.7 cm³/mol. The number of hydrogen-bond acceptors (Lipinski definition) is 2. The maximum absolute atomic E-state index is 11.7. The van der Waals surface area contributed by atoms with Crippen molar-refractivity contribution in [1.29, 1.82) is 0 Å². The highest BCUT2D eigenvalue weighted by atomic mass is 16.4. The Balaban J connectivity index is 2.64. The van der Waals surface area contributed by atoms with Gasteiger partial charge in [-0.15, -0.1) is 0 Å². The van der Waals surface area contributed by atoms with Gasteiger partial charge in [-0.25, -0.2) is 0 Å². The van der Waals surface area contributed by atoms with E-state index in [0.717, 1.165) is 45.3 Å². The Kier molecular flexibility index (Phi) is 6.13. The fraction of sp³-hybridized carbons (Fsp3) is 0.933. The SMILES string of the molecule is CCCCN(CC)CC1(C(=O)O)CCC(C)CC1. The monoisotopic (exact) mass is 255 g/mol. The summed E-state index contributed by atoms with van der Waals surface area (Å²) in [7, 11) is 0. The lowest BCUT2D eigenvalue weighted by molar-refractivity contribution is -0.153. The van der Waals surface area contributed by atoms with Crippen LogP contribution in [0.15, 0.2) is 0 Å². The number of hydrogen-bond donors (Lipinski definition) is 1. The van der Waals surface area contributed by atoms with Crippen molar-refractivity contribution in [3.05, 3.63) is 0 Å². The first-order valence-corrected chi connectivity index (χ1v) is 7.50. The molecule has 0 unspecified atom stereocenters. The molecule has 0 aromatic heterocycles. The molecule has 1 fully saturated rings. The Morgan fingerprint density at radius 3 is 2.39 bits per heavy atom. The van der Waals surface area contributed by atoms with E-state index in [2.05, 4.69) is 25.7 Å². The van der Waals surface area contributed by atoms with Crippen LogP contribution >= 0.6 is 0 Å². The van der Waals surface area contributed by atoms with E-state index in [1.165, 1.54) is 12.8 Å². The molecule has 3 nitrogen and oxygen atoms in total. The highest BCUT2D eigenvalue weighted by Crippen LogP contribution is 2.39. The second-order valence-corrected chi connectivity index (χ2v) is 5.99. The van der Waals surface area contributed by atoms with Crippen molar-refractivity contribution in [2.24, 2.45) is 11.3 Å². The second kappa shape index (κ2) is 7.13. The van der Waals surface area contributed by atoms with Crippen LogP contribution in [-0.2, 0) is 4.79 Å². The Bertz CT molecular complexity index is 257. The minimum absolute atomic E-state index is 0.476. The van der Waals surface area contributed by atoms with E-state index in [1.807, 2.05) is 0 Å². The topological polar surface area (TPSA) is 40.5 Å². The second-order valence-electron chi connectivity index (χ2n) is 5.99. The molecule has 0 heterocycles. The molecule has 0 amide bonds. The summed E-state index contributed by atoms with van der Waals surface area (Å²) in [4.78, 5) is 14.0. The Morgan fingerprint density at radius 1 is 1.33 bits per heavy atom. The highest BCUT2D eigenvalue weighted by Gasteiger charge is 2.42. The van der Waals surface area contributed by atoms with Gasteiger partial charge in [-0.05, 0) is 51.1 Å². The molecular weight excluding hydrogens is 226 g/mol. The lowest BCUT2D eigenvalue weighted by atomic mass is 9.70. The summed E-state index contributed by atoms with van der Waals surface area (Å²) in [5.41, 5.74) is -0.476. The van der Waals surface area contributed by atoms with E-state index in [9.17, 15) is 9.90 Å². The molecule has 0 aromatic carbocycles. The summed E-state index contributed by atoms with van der Waals surface area (Å²) >= 11 is 0. The lowest BCUT2D eigenvalue weighted by Crippen LogP contribution is -2.45. The maximum atomic E-state index is 11.7. The number of unbranched alkanes of at least 4 members (excludes halogenated alkanes) is 1. The highest BCUT2D eigenvalue weighted by molar-refractivity contribution is 5.75. The van der Waals surface area contributed by atoms with Crippen molar-refractivity contribution in [1.82, 2.24) is 4.90 Å². The Labute approximate surface area is 112 Å². The maximum Gasteiger partial charge on any atom is 0.310 e. The van der Waals surface area contributed by atoms with Crippen LogP contribution in [0.4, 0.5) is 0 Å². The third-order valence-corrected chi connectivity index (χ3v) is 4.49. The molecule has 1 rings (SSSR count). The fourth-order valence-electron chi connectivity index (χ4n) is 2.91. The van der Waals surface area contributed by atoms with E-state index in [1.54, 1.807) is 0 Å². The van der Waals surface area contributed by atoms with Crippen molar-refractivity contribution in [3.8, 4) is 0 Å². The minimum atomic E-state index is -0.579. The molecule has 0 aromatic rings. The molecule has 1 saturated carbocycles. The summed E-state index contributed by atoms with van der Waals surface area (Å²) in [6.07, 6.45) is 6.18. The third-order valence-electron chi connectivity index (χ3n) is 4.49. The van der Waals surface area contributed by atoms with Gasteiger partial charge in [0.05, 0.1) is 5.41 Å². The van der Waals surface area contributed by atoms with Crippen molar-refractivity contribution >= 4 is 5.97 Å². The molecule has 18 heavy (non-hydrogen) atoms. The van der Waals surface area contributed by atoms with Crippen LogP contribution in [0.1, 0.15) is 59.3 Å². The smallest absolute Gasteiger partial charge is 0.310 e. The molecule has 0 saturated heterocycles. The molecule has 0 aliphatic heterocycles. The minimum Gasteiger partial charge on any atom is -0.481 e. The molecular formula is C15H29NO2. The number of rotatable bonds is 7. The zero-order valence-electron chi connectivity index (χ0n) is 12.2. The van der Waals surface area contributed by atoms with Crippen molar-refractivity contribution in [2.75, 3.05) is 19.6 Å². The van der Waals surface area contributed by atoms with Gasteiger partial charge in [-0.1, -0.05) is 27.2 Å². The van der Waals surface area contributed by atoms with Gasteiger partial charge in [0.2, 0.25) is 0 Å². The normalized spacial score (nSPS) is 28.6. The van der Waals surface area contributed by atoms with Crippen LogP contribution in [0.3, 0.4) is 0 Å². The van der Waals surface area contributed by atoms with Crippen LogP contribution < -0.4 is 0 Å². The van der Waals surface area contributed by atoms with Gasteiger partial charge >= 0.3 is 5.97 Å². The van der Waals surface area contributed by atoms with E-state index in [4.69, 9.17) is 0 Å². The van der Waals surface area contributed by atoms with Crippen LogP contribution in [0.5, 0.6) is 0 Å². The molecule has 0 radical (unpaired) electrons. The van der Waals surface area contributed by atoms with Gasteiger partial charge in [0.25, 0.3) is 0 Å². The number of carbonyl (C=O) groups is 1. The number of carboxylic acids is 1. The molecule has 1 N–H and O–H groups in total. The van der Waals surface area contributed by atoms with E-state index < -0.39 is 11.4 Å². The van der Waals surface area contributed by atoms with E-state index in [-0.39, 0.29) is 0 Å². The standard InChI is InChI=1S/C15H29NO2/c1-4-6-11-16(5-2)12-15(14(17)18)9-7-13(3)8-10-15/h13H,4-12H2,1-3H3,(H,17,18). The molecule has 1 aliphatic rings. The summed E-state index contributed by atoms with van der Waals surface area (Å²) < 4.78 is 0. The van der Waals surface area contributed by atoms with Crippen LogP contribution in [0.25, 0.3) is 0 Å². The average Bonchev–Trinajstić information content (AvgIpc) is 2.37. The van der Waals surface area contributed by atoms with E-state index >= 15 is 0 Å². The Hall–Kier alpha value is -0.570. The van der Waals surface area contributed by atoms with Crippen molar-refractivity contribution < 1.29 is 9.90 Å². The average molecular weight is 255 g/mol. The summed E-state index contributed by atoms with van der Waals surface area (Å²) in [6.45, 7) is 9.30. The quantitative estimate of drug-likeness (QED) is 0.758. The van der Waals surface area contributed by atoms with Crippen LogP contribution in [0, 0.1) is 11.3 Å². The van der Waals surface area contributed by atoms with Gasteiger partial charge in [-0.3, -0.25) is 4.79 Å². The molecule has 3 heteroatoms. The first kappa shape index (κ1) is 15.5. The predicted octanol–water partition coefficient (Wildman–Crippen LogP) is 3.39. The molecule has 106 valence electrons. The van der Waals surface area contributed by atoms with Gasteiger partial charge in [0.15, 0.2) is 0 Å². The molecule has 1 aliphatic carbocycles. The van der Waals surface area contributed by atoms with Gasteiger partial charge in [-0.2, -0.15) is 0 Å². The van der Waals surface area contributed by atoms with Gasteiger partial charge in [0, 0.05) is 6.54 Å². The zero-order chi connectivity index (χ0) is 13.6. The summed E-state index contributed by atoms with van der Waals surface area (Å²) in [5.74, 6) is 0.118. The first-order valence-electron chi connectivity index (χ1n) is 7.50. The number of aliphatic carboxylic acids is 1. The Morgan fingerprint density at radius 2 is 1.94 bits per heavy atom. The molecule has 0 atom stereocenters. The number of nitrogens with zero attached hydrogens (tertiary/aromatic N) is 1. The summed E-state index contributed by atoms with van der Waals surface area (Å²) in [5, 5.41) is 9.62. The van der Waals surface area contributed by atoms with E-state index in [0.29, 0.717) is 5.92 Å². The fourth-order valence-corrected chi connectivity index (χ4v) is 2.91. The molecule has 0 bridgehead atoms. The lowest BCUT2D eigenvalue weighted by Gasteiger charge is -2.39. The third kappa shape index (κ3) is 3.98. The van der Waals surface area contributed by atoms with Crippen molar-refractivity contribution in [3.63, 3.8) is 0 Å². The van der Waals surface area contributed by atoms with Gasteiger partial charge in [0.1, 0.15) is 0 Å². The van der Waals surface area contributed by atoms with Crippen LogP contribution in [0.2, 0.25) is 0 Å². The van der Waals surface area contributed by atoms with Crippen molar-refractivity contribution in [2.45, 2.75) is 59.3 Å². The largest absolute Gasteiger partial charge is 0.481 e. The summed E-state index contributed by atoms with van der Waals surface area (Å²) in [6, 6.07) is 0. The number of carboxylic acid groups (broad SMARTS) is 1. The van der Waals surface area contributed by atoms with Gasteiger partial charge < -0.3 is 10.0 Å².